The molecule has 0 radical (unpaired) electrons. The van der Waals surface area contributed by atoms with Crippen LogP contribution in [0.4, 0.5) is 0 Å². The van der Waals surface area contributed by atoms with Gasteiger partial charge in [0, 0.05) is 19.7 Å². The minimum absolute atomic E-state index is 0.297. The third-order valence-electron chi connectivity index (χ3n) is 2.44. The van der Waals surface area contributed by atoms with E-state index in [4.69, 9.17) is 9.47 Å². The predicted molar refractivity (Wildman–Crippen MR) is 72.0 cm³/mol. The Balaban J connectivity index is 2.11. The number of rotatable bonds is 9. The molecule has 0 saturated heterocycles. The number of ether oxygens (including phenoxy) is 2. The quantitative estimate of drug-likeness (QED) is 0.652. The van der Waals surface area contributed by atoms with Gasteiger partial charge in [0.15, 0.2) is 0 Å². The van der Waals surface area contributed by atoms with Crippen molar-refractivity contribution in [3.8, 4) is 5.75 Å². The normalized spacial score (nSPS) is 12.4. The van der Waals surface area contributed by atoms with Crippen molar-refractivity contribution in [1.82, 2.24) is 5.32 Å². The first kappa shape index (κ1) is 15.0. The molecule has 0 fully saturated rings. The number of nitrogens with one attached hydrogen (secondary N) is 1. The summed E-state index contributed by atoms with van der Waals surface area (Å²) in [6, 6.07) is 7.80. The zero-order chi connectivity index (χ0) is 13.2. The van der Waals surface area contributed by atoms with Crippen LogP contribution in [0.5, 0.6) is 5.75 Å². The van der Waals surface area contributed by atoms with Gasteiger partial charge in [-0.15, -0.1) is 0 Å². The summed E-state index contributed by atoms with van der Waals surface area (Å²) in [5.41, 5.74) is 1.15. The summed E-state index contributed by atoms with van der Waals surface area (Å²) in [4.78, 5) is 0. The molecule has 0 heterocycles. The molecule has 0 spiro atoms. The standard InChI is InChI=1S/C14H23NO3/c1-3-17-8-7-15-10-13(16)11-18-14-6-4-5-12(2)9-14/h4-6,9,13,15-16H,3,7-8,10-11H2,1-2H3. The fraction of sp³-hybridized carbons (Fsp3) is 0.571. The van der Waals surface area contributed by atoms with E-state index in [2.05, 4.69) is 5.32 Å². The van der Waals surface area contributed by atoms with E-state index in [-0.39, 0.29) is 0 Å². The summed E-state index contributed by atoms with van der Waals surface area (Å²) in [5, 5.41) is 12.8. The zero-order valence-electron chi connectivity index (χ0n) is 11.2. The molecule has 0 aliphatic heterocycles. The summed E-state index contributed by atoms with van der Waals surface area (Å²) in [6.45, 7) is 6.92. The van der Waals surface area contributed by atoms with E-state index in [1.165, 1.54) is 0 Å². The van der Waals surface area contributed by atoms with Gasteiger partial charge < -0.3 is 19.9 Å². The van der Waals surface area contributed by atoms with Gasteiger partial charge in [-0.05, 0) is 31.5 Å². The van der Waals surface area contributed by atoms with Crippen LogP contribution in [-0.2, 0) is 4.74 Å². The average molecular weight is 253 g/mol. The zero-order valence-corrected chi connectivity index (χ0v) is 11.2. The van der Waals surface area contributed by atoms with Crippen LogP contribution in [0, 0.1) is 6.92 Å². The second-order valence-electron chi connectivity index (χ2n) is 4.18. The average Bonchev–Trinajstić information content (AvgIpc) is 2.36. The number of hydrogen-bond acceptors (Lipinski definition) is 4. The van der Waals surface area contributed by atoms with Crippen LogP contribution in [0.3, 0.4) is 0 Å². The summed E-state index contributed by atoms with van der Waals surface area (Å²) in [6.07, 6.45) is -0.507. The van der Waals surface area contributed by atoms with Gasteiger partial charge in [-0.25, -0.2) is 0 Å². The Bertz CT molecular complexity index is 331. The van der Waals surface area contributed by atoms with E-state index >= 15 is 0 Å². The van der Waals surface area contributed by atoms with Crippen molar-refractivity contribution in [2.75, 3.05) is 32.9 Å². The molecule has 1 unspecified atom stereocenters. The Morgan fingerprint density at radius 2 is 2.22 bits per heavy atom. The molecule has 0 saturated carbocycles. The molecule has 0 aromatic heterocycles. The number of hydrogen-bond donors (Lipinski definition) is 2. The van der Waals surface area contributed by atoms with Crippen LogP contribution < -0.4 is 10.1 Å². The molecular weight excluding hydrogens is 230 g/mol. The predicted octanol–water partition coefficient (Wildman–Crippen LogP) is 1.36. The van der Waals surface area contributed by atoms with Gasteiger partial charge in [0.1, 0.15) is 18.5 Å². The Morgan fingerprint density at radius 1 is 1.39 bits per heavy atom. The fourth-order valence-corrected chi connectivity index (χ4v) is 1.51. The highest BCUT2D eigenvalue weighted by Crippen LogP contribution is 2.12. The Labute approximate surface area is 109 Å². The lowest BCUT2D eigenvalue weighted by molar-refractivity contribution is 0.100. The first-order valence-corrected chi connectivity index (χ1v) is 6.38. The lowest BCUT2D eigenvalue weighted by Crippen LogP contribution is -2.33. The molecule has 0 aliphatic carbocycles. The lowest BCUT2D eigenvalue weighted by Gasteiger charge is -2.13. The van der Waals surface area contributed by atoms with Gasteiger partial charge in [0.2, 0.25) is 0 Å². The van der Waals surface area contributed by atoms with E-state index in [1.807, 2.05) is 38.1 Å². The summed E-state index contributed by atoms with van der Waals surface area (Å²) in [7, 11) is 0. The molecule has 1 aromatic carbocycles. The smallest absolute Gasteiger partial charge is 0.119 e. The van der Waals surface area contributed by atoms with E-state index < -0.39 is 6.10 Å². The van der Waals surface area contributed by atoms with Crippen molar-refractivity contribution in [2.24, 2.45) is 0 Å². The Kier molecular flexibility index (Phi) is 7.41. The van der Waals surface area contributed by atoms with Crippen LogP contribution >= 0.6 is 0 Å². The fourth-order valence-electron chi connectivity index (χ4n) is 1.51. The third kappa shape index (κ3) is 6.59. The van der Waals surface area contributed by atoms with Crippen molar-refractivity contribution in [3.63, 3.8) is 0 Å². The molecule has 4 heteroatoms. The number of aryl methyl sites for hydroxylation is 1. The summed E-state index contributed by atoms with van der Waals surface area (Å²) >= 11 is 0. The molecule has 4 nitrogen and oxygen atoms in total. The van der Waals surface area contributed by atoms with E-state index in [9.17, 15) is 5.11 Å². The second-order valence-corrected chi connectivity index (χ2v) is 4.18. The molecule has 1 rings (SSSR count). The minimum atomic E-state index is -0.507. The maximum atomic E-state index is 9.71. The van der Waals surface area contributed by atoms with Gasteiger partial charge in [0.05, 0.1) is 6.61 Å². The highest BCUT2D eigenvalue weighted by atomic mass is 16.5. The lowest BCUT2D eigenvalue weighted by atomic mass is 10.2. The van der Waals surface area contributed by atoms with Crippen molar-refractivity contribution >= 4 is 0 Å². The largest absolute Gasteiger partial charge is 0.491 e. The van der Waals surface area contributed by atoms with E-state index in [0.717, 1.165) is 24.5 Å². The second kappa shape index (κ2) is 8.91. The molecule has 0 aliphatic rings. The van der Waals surface area contributed by atoms with Gasteiger partial charge in [-0.3, -0.25) is 0 Å². The molecule has 2 N–H and O–H groups in total. The van der Waals surface area contributed by atoms with Crippen LogP contribution in [0.15, 0.2) is 24.3 Å². The SMILES string of the molecule is CCOCCNCC(O)COc1cccc(C)c1. The molecule has 0 amide bonds. The van der Waals surface area contributed by atoms with Crippen molar-refractivity contribution < 1.29 is 14.6 Å². The topological polar surface area (TPSA) is 50.7 Å². The molecule has 1 aromatic rings. The molecule has 1 atom stereocenters. The molecule has 0 bridgehead atoms. The number of aliphatic hydroxyl groups is 1. The van der Waals surface area contributed by atoms with Gasteiger partial charge in [0.25, 0.3) is 0 Å². The first-order valence-electron chi connectivity index (χ1n) is 6.38. The maximum absolute atomic E-state index is 9.71. The highest BCUT2D eigenvalue weighted by molar-refractivity contribution is 5.27. The van der Waals surface area contributed by atoms with Crippen molar-refractivity contribution in [1.29, 1.82) is 0 Å². The monoisotopic (exact) mass is 253 g/mol. The van der Waals surface area contributed by atoms with Crippen LogP contribution in [-0.4, -0.2) is 44.1 Å². The van der Waals surface area contributed by atoms with E-state index in [0.29, 0.717) is 19.8 Å². The van der Waals surface area contributed by atoms with Gasteiger partial charge >= 0.3 is 0 Å². The van der Waals surface area contributed by atoms with E-state index in [1.54, 1.807) is 0 Å². The molecular formula is C14H23NO3. The Hall–Kier alpha value is -1.10. The number of benzene rings is 1. The third-order valence-corrected chi connectivity index (χ3v) is 2.44. The van der Waals surface area contributed by atoms with Crippen molar-refractivity contribution in [2.45, 2.75) is 20.0 Å². The van der Waals surface area contributed by atoms with Crippen LogP contribution in [0.2, 0.25) is 0 Å². The number of aliphatic hydroxyl groups excluding tert-OH is 1. The van der Waals surface area contributed by atoms with Crippen LogP contribution in [0.1, 0.15) is 12.5 Å². The van der Waals surface area contributed by atoms with Crippen molar-refractivity contribution in [3.05, 3.63) is 29.8 Å². The molecule has 102 valence electrons. The summed E-state index contributed by atoms with van der Waals surface area (Å²) < 4.78 is 10.7. The van der Waals surface area contributed by atoms with Gasteiger partial charge in [-0.1, -0.05) is 12.1 Å². The summed E-state index contributed by atoms with van der Waals surface area (Å²) in [5.74, 6) is 0.795. The molecule has 18 heavy (non-hydrogen) atoms. The van der Waals surface area contributed by atoms with Crippen LogP contribution in [0.25, 0.3) is 0 Å². The maximum Gasteiger partial charge on any atom is 0.119 e. The minimum Gasteiger partial charge on any atom is -0.491 e. The first-order chi connectivity index (χ1) is 8.72. The Morgan fingerprint density at radius 3 is 2.94 bits per heavy atom. The van der Waals surface area contributed by atoms with Gasteiger partial charge in [-0.2, -0.15) is 0 Å². The highest BCUT2D eigenvalue weighted by Gasteiger charge is 2.04.